The Morgan fingerprint density at radius 1 is 1.14 bits per heavy atom. The molecule has 29 heavy (non-hydrogen) atoms. The van der Waals surface area contributed by atoms with Crippen molar-refractivity contribution in [1.82, 2.24) is 9.88 Å². The fraction of sp³-hybridized carbons (Fsp3) is 0.565. The topological polar surface area (TPSA) is 52.5 Å². The number of rotatable bonds is 6. The van der Waals surface area contributed by atoms with Gasteiger partial charge in [0.25, 0.3) is 0 Å². The number of carbonyl (C=O) groups excluding carboxylic acids is 1. The number of hydrogen-bond acceptors (Lipinski definition) is 4. The van der Waals surface area contributed by atoms with E-state index in [1.54, 1.807) is 0 Å². The van der Waals surface area contributed by atoms with Crippen LogP contribution in [-0.2, 0) is 15.7 Å². The van der Waals surface area contributed by atoms with Gasteiger partial charge in [-0.05, 0) is 62.7 Å². The van der Waals surface area contributed by atoms with Crippen molar-refractivity contribution in [3.05, 3.63) is 42.4 Å². The molecular weight excluding hydrogens is 380 g/mol. The summed E-state index contributed by atoms with van der Waals surface area (Å²) in [7, 11) is -1.70. The fourth-order valence-corrected chi connectivity index (χ4v) is 3.78. The van der Waals surface area contributed by atoms with Crippen LogP contribution < -0.4 is 5.32 Å². The number of hydrogen-bond donors (Lipinski definition) is 1. The molecule has 0 saturated heterocycles. The quantitative estimate of drug-likeness (QED) is 0.492. The van der Waals surface area contributed by atoms with Gasteiger partial charge in [-0.1, -0.05) is 26.8 Å². The van der Waals surface area contributed by atoms with E-state index in [-0.39, 0.29) is 5.04 Å². The van der Waals surface area contributed by atoms with Crippen LogP contribution in [0.1, 0.15) is 52.8 Å². The molecule has 1 aromatic carbocycles. The second-order valence-electron chi connectivity index (χ2n) is 10.1. The molecule has 0 spiro atoms. The van der Waals surface area contributed by atoms with Crippen LogP contribution in [0, 0.1) is 6.92 Å². The first-order valence-corrected chi connectivity index (χ1v) is 13.1. The summed E-state index contributed by atoms with van der Waals surface area (Å²) in [6, 6.07) is 7.78. The number of aromatic nitrogens is 1. The molecule has 0 bridgehead atoms. The van der Waals surface area contributed by atoms with Crippen LogP contribution in [0.3, 0.4) is 0 Å². The van der Waals surface area contributed by atoms with Gasteiger partial charge >= 0.3 is 6.09 Å². The number of nitrogens with zero attached hydrogens (tertiary/aromatic N) is 1. The van der Waals surface area contributed by atoms with E-state index in [2.05, 4.69) is 39.2 Å². The van der Waals surface area contributed by atoms with Crippen molar-refractivity contribution in [1.29, 1.82) is 0 Å². The molecule has 5 nitrogen and oxygen atoms in total. The SMILES string of the molecule is [CH]c1cc2cc(CNCCO[Si](C)(C)C(C)(C)C)ccc2n1C(=O)OC(C)(C)C. The zero-order valence-corrected chi connectivity index (χ0v) is 20.2. The molecule has 2 rings (SSSR count). The van der Waals surface area contributed by atoms with Crippen LogP contribution in [-0.4, -0.2) is 37.7 Å². The van der Waals surface area contributed by atoms with Crippen LogP contribution in [0.4, 0.5) is 4.79 Å². The Morgan fingerprint density at radius 2 is 1.79 bits per heavy atom. The third-order valence-corrected chi connectivity index (χ3v) is 9.89. The van der Waals surface area contributed by atoms with Gasteiger partial charge in [-0.25, -0.2) is 9.36 Å². The van der Waals surface area contributed by atoms with Crippen molar-refractivity contribution in [2.24, 2.45) is 0 Å². The van der Waals surface area contributed by atoms with E-state index in [0.29, 0.717) is 12.3 Å². The molecular formula is C23H36N2O3Si. The van der Waals surface area contributed by atoms with E-state index >= 15 is 0 Å². The molecule has 1 heterocycles. The lowest BCUT2D eigenvalue weighted by Gasteiger charge is -2.36. The third-order valence-electron chi connectivity index (χ3n) is 5.35. The Hall–Kier alpha value is -1.63. The van der Waals surface area contributed by atoms with Gasteiger partial charge in [0.1, 0.15) is 5.60 Å². The zero-order chi connectivity index (χ0) is 22.0. The van der Waals surface area contributed by atoms with Crippen LogP contribution in [0.2, 0.25) is 18.1 Å². The Kier molecular flexibility index (Phi) is 7.03. The van der Waals surface area contributed by atoms with Crippen molar-refractivity contribution >= 4 is 25.3 Å². The van der Waals surface area contributed by atoms with Crippen molar-refractivity contribution in [2.45, 2.75) is 71.8 Å². The van der Waals surface area contributed by atoms with Crippen molar-refractivity contribution < 1.29 is 14.0 Å². The van der Waals surface area contributed by atoms with Crippen LogP contribution in [0.15, 0.2) is 24.3 Å². The second kappa shape index (κ2) is 8.62. The minimum absolute atomic E-state index is 0.221. The van der Waals surface area contributed by atoms with Crippen LogP contribution in [0.5, 0.6) is 0 Å². The largest absolute Gasteiger partial charge is 0.443 e. The highest BCUT2D eigenvalue weighted by Crippen LogP contribution is 2.36. The summed E-state index contributed by atoms with van der Waals surface area (Å²) in [6.45, 7) is 25.1. The van der Waals surface area contributed by atoms with Gasteiger partial charge in [-0.15, -0.1) is 0 Å². The first kappa shape index (κ1) is 23.6. The Labute approximate surface area is 176 Å². The summed E-state index contributed by atoms with van der Waals surface area (Å²) in [5.41, 5.74) is 1.69. The molecule has 160 valence electrons. The smallest absolute Gasteiger partial charge is 0.419 e. The maximum Gasteiger partial charge on any atom is 0.419 e. The predicted molar refractivity (Wildman–Crippen MR) is 122 cm³/mol. The molecule has 2 aromatic rings. The first-order valence-electron chi connectivity index (χ1n) is 10.2. The maximum absolute atomic E-state index is 12.5. The molecule has 6 heteroatoms. The van der Waals surface area contributed by atoms with E-state index in [0.717, 1.165) is 29.6 Å². The van der Waals surface area contributed by atoms with E-state index < -0.39 is 20.0 Å². The molecule has 1 N–H and O–H groups in total. The summed E-state index contributed by atoms with van der Waals surface area (Å²) in [4.78, 5) is 12.5. The molecule has 0 aliphatic heterocycles. The highest BCUT2D eigenvalue weighted by Gasteiger charge is 2.36. The highest BCUT2D eigenvalue weighted by molar-refractivity contribution is 6.74. The minimum Gasteiger partial charge on any atom is -0.443 e. The molecule has 1 aromatic heterocycles. The molecule has 0 unspecified atom stereocenters. The molecule has 0 aliphatic carbocycles. The maximum atomic E-state index is 12.5. The molecule has 0 aliphatic rings. The predicted octanol–water partition coefficient (Wildman–Crippen LogP) is 5.60. The minimum atomic E-state index is -1.70. The summed E-state index contributed by atoms with van der Waals surface area (Å²) >= 11 is 0. The van der Waals surface area contributed by atoms with Gasteiger partial charge < -0.3 is 14.5 Å². The van der Waals surface area contributed by atoms with E-state index in [1.807, 2.05) is 45.0 Å². The molecule has 0 atom stereocenters. The van der Waals surface area contributed by atoms with Gasteiger partial charge in [0.2, 0.25) is 0 Å². The molecule has 2 radical (unpaired) electrons. The number of benzene rings is 1. The number of carbonyl (C=O) groups is 1. The van der Waals surface area contributed by atoms with E-state index in [4.69, 9.17) is 16.1 Å². The fourth-order valence-electron chi connectivity index (χ4n) is 2.74. The lowest BCUT2D eigenvalue weighted by molar-refractivity contribution is 0.0543. The molecule has 0 fully saturated rings. The van der Waals surface area contributed by atoms with Gasteiger partial charge in [-0.2, -0.15) is 0 Å². The molecule has 0 amide bonds. The van der Waals surface area contributed by atoms with Crippen LogP contribution in [0.25, 0.3) is 10.9 Å². The standard InChI is InChI=1S/C23H36N2O3Si/c1-17-14-19-15-18(16-24-12-13-27-29(8,9)23(5,6)7)10-11-20(19)25(17)21(26)28-22(2,3)4/h1,10-11,14-15,24H,12-13,16H2,2-9H3. The summed E-state index contributed by atoms with van der Waals surface area (Å²) in [5, 5.41) is 4.58. The number of ether oxygens (including phenoxy) is 1. The van der Waals surface area contributed by atoms with E-state index in [1.165, 1.54) is 4.57 Å². The first-order chi connectivity index (χ1) is 13.2. The zero-order valence-electron chi connectivity index (χ0n) is 19.2. The summed E-state index contributed by atoms with van der Waals surface area (Å²) in [6.07, 6.45) is -0.460. The van der Waals surface area contributed by atoms with Crippen molar-refractivity contribution in [2.75, 3.05) is 13.2 Å². The van der Waals surface area contributed by atoms with E-state index in [9.17, 15) is 4.79 Å². The Morgan fingerprint density at radius 3 is 2.38 bits per heavy atom. The van der Waals surface area contributed by atoms with Gasteiger partial charge in [0.15, 0.2) is 8.32 Å². The second-order valence-corrected chi connectivity index (χ2v) is 14.9. The third kappa shape index (κ3) is 6.17. The van der Waals surface area contributed by atoms with Gasteiger partial charge in [0, 0.05) is 37.7 Å². The Balaban J connectivity index is 1.98. The van der Waals surface area contributed by atoms with Crippen molar-refractivity contribution in [3.63, 3.8) is 0 Å². The van der Waals surface area contributed by atoms with Crippen LogP contribution >= 0.6 is 0 Å². The van der Waals surface area contributed by atoms with Gasteiger partial charge in [0.05, 0.1) is 5.52 Å². The lowest BCUT2D eigenvalue weighted by Crippen LogP contribution is -2.42. The average molecular weight is 417 g/mol. The van der Waals surface area contributed by atoms with Gasteiger partial charge in [-0.3, -0.25) is 0 Å². The number of nitrogens with one attached hydrogen (secondary N) is 1. The number of fused-ring (bicyclic) bond motifs is 1. The molecule has 0 saturated carbocycles. The average Bonchev–Trinajstić information content (AvgIpc) is 2.86. The summed E-state index contributed by atoms with van der Waals surface area (Å²) < 4.78 is 13.1. The lowest BCUT2D eigenvalue weighted by atomic mass is 10.1. The van der Waals surface area contributed by atoms with Crippen molar-refractivity contribution in [3.8, 4) is 0 Å². The monoisotopic (exact) mass is 416 g/mol. The normalized spacial score (nSPS) is 13.1. The summed E-state index contributed by atoms with van der Waals surface area (Å²) in [5.74, 6) is 0. The highest BCUT2D eigenvalue weighted by atomic mass is 28.4. The Bertz CT molecular complexity index is 857.